The minimum atomic E-state index is -0.152. The van der Waals surface area contributed by atoms with Gasteiger partial charge in [-0.15, -0.1) is 11.3 Å². The number of benzene rings is 2. The van der Waals surface area contributed by atoms with Gasteiger partial charge in [0.25, 0.3) is 5.56 Å². The van der Waals surface area contributed by atoms with Gasteiger partial charge in [0.2, 0.25) is 0 Å². The van der Waals surface area contributed by atoms with Crippen molar-refractivity contribution < 1.29 is 4.74 Å². The fraction of sp³-hybridized carbons (Fsp3) is 0.208. The molecule has 0 atom stereocenters. The lowest BCUT2D eigenvalue weighted by atomic mass is 9.97. The topological polar surface area (TPSA) is 78.8 Å². The van der Waals surface area contributed by atoms with E-state index in [9.17, 15) is 10.1 Å². The van der Waals surface area contributed by atoms with Gasteiger partial charge < -0.3 is 9.72 Å². The predicted molar refractivity (Wildman–Crippen MR) is 121 cm³/mol. The second-order valence-electron chi connectivity index (χ2n) is 7.45. The summed E-state index contributed by atoms with van der Waals surface area (Å²) >= 11 is 1.59. The van der Waals surface area contributed by atoms with E-state index in [4.69, 9.17) is 4.74 Å². The number of allylic oxidation sites excluding steroid dienone is 1. The Bertz CT molecular complexity index is 1420. The van der Waals surface area contributed by atoms with Gasteiger partial charge in [0.05, 0.1) is 18.1 Å². The van der Waals surface area contributed by atoms with Crippen LogP contribution in [0.5, 0.6) is 5.75 Å². The highest BCUT2D eigenvalue weighted by atomic mass is 32.1. The van der Waals surface area contributed by atoms with Crippen molar-refractivity contribution >= 4 is 44.0 Å². The fourth-order valence-corrected chi connectivity index (χ4v) is 5.33. The molecular weight excluding hydrogens is 394 g/mol. The number of methoxy groups -OCH3 is 1. The second-order valence-corrected chi connectivity index (χ2v) is 8.53. The fourth-order valence-electron chi connectivity index (χ4n) is 4.07. The summed E-state index contributed by atoms with van der Waals surface area (Å²) in [5.74, 6) is 1.13. The molecule has 0 radical (unpaired) electrons. The van der Waals surface area contributed by atoms with E-state index in [1.165, 1.54) is 4.88 Å². The molecule has 1 aliphatic carbocycles. The lowest BCUT2D eigenvalue weighted by Gasteiger charge is -2.09. The van der Waals surface area contributed by atoms with Gasteiger partial charge in [0.15, 0.2) is 5.82 Å². The Morgan fingerprint density at radius 1 is 1.20 bits per heavy atom. The van der Waals surface area contributed by atoms with Crippen LogP contribution in [-0.4, -0.2) is 17.1 Å². The molecule has 2 heterocycles. The number of hydrogen-bond acceptors (Lipinski definition) is 5. The highest BCUT2D eigenvalue weighted by molar-refractivity contribution is 7.18. The Morgan fingerprint density at radius 3 is 2.83 bits per heavy atom. The van der Waals surface area contributed by atoms with Crippen LogP contribution in [0.2, 0.25) is 0 Å². The second kappa shape index (κ2) is 7.43. The van der Waals surface area contributed by atoms with Crippen LogP contribution in [-0.2, 0) is 12.8 Å². The Balaban J connectivity index is 1.59. The molecule has 6 heteroatoms. The van der Waals surface area contributed by atoms with Crippen LogP contribution in [0.4, 0.5) is 0 Å². The molecule has 0 spiro atoms. The maximum atomic E-state index is 12.8. The average molecular weight is 414 g/mol. The molecule has 1 N–H and O–H groups in total. The molecule has 4 aromatic rings. The quantitative estimate of drug-likeness (QED) is 0.475. The molecule has 0 bridgehead atoms. The zero-order valence-corrected chi connectivity index (χ0v) is 17.3. The lowest BCUT2D eigenvalue weighted by molar-refractivity contribution is 0.415. The third kappa shape index (κ3) is 3.17. The number of hydrogen-bond donors (Lipinski definition) is 1. The van der Waals surface area contributed by atoms with Crippen molar-refractivity contribution in [3.8, 4) is 11.8 Å². The van der Waals surface area contributed by atoms with E-state index in [0.717, 1.165) is 58.2 Å². The van der Waals surface area contributed by atoms with E-state index in [1.807, 2.05) is 36.4 Å². The van der Waals surface area contributed by atoms with Crippen LogP contribution in [0.3, 0.4) is 0 Å². The van der Waals surface area contributed by atoms with Gasteiger partial charge in [-0.25, -0.2) is 4.98 Å². The van der Waals surface area contributed by atoms with E-state index in [-0.39, 0.29) is 5.56 Å². The van der Waals surface area contributed by atoms with E-state index in [1.54, 1.807) is 24.5 Å². The number of aromatic amines is 1. The smallest absolute Gasteiger partial charge is 0.260 e. The number of aromatic nitrogens is 2. The van der Waals surface area contributed by atoms with Gasteiger partial charge in [-0.2, -0.15) is 5.26 Å². The van der Waals surface area contributed by atoms with Crippen molar-refractivity contribution in [1.82, 2.24) is 9.97 Å². The summed E-state index contributed by atoms with van der Waals surface area (Å²) in [6.07, 6.45) is 5.97. The molecule has 1 aliphatic rings. The highest BCUT2D eigenvalue weighted by Gasteiger charge is 2.20. The first kappa shape index (κ1) is 18.6. The van der Waals surface area contributed by atoms with Gasteiger partial charge in [0, 0.05) is 4.88 Å². The Morgan fingerprint density at radius 2 is 2.00 bits per heavy atom. The Kier molecular flexibility index (Phi) is 4.61. The summed E-state index contributed by atoms with van der Waals surface area (Å²) in [5.41, 5.74) is 2.21. The first-order valence-corrected chi connectivity index (χ1v) is 10.7. The molecule has 0 amide bonds. The minimum Gasteiger partial charge on any atom is -0.497 e. The molecule has 0 fully saturated rings. The van der Waals surface area contributed by atoms with Gasteiger partial charge in [-0.1, -0.05) is 18.2 Å². The number of nitriles is 1. The van der Waals surface area contributed by atoms with Crippen LogP contribution in [0.1, 0.15) is 34.7 Å². The van der Waals surface area contributed by atoms with E-state index < -0.39 is 0 Å². The number of rotatable bonds is 3. The van der Waals surface area contributed by atoms with Gasteiger partial charge in [0.1, 0.15) is 16.6 Å². The van der Waals surface area contributed by atoms with Crippen molar-refractivity contribution in [3.63, 3.8) is 0 Å². The summed E-state index contributed by atoms with van der Waals surface area (Å²) in [4.78, 5) is 22.3. The van der Waals surface area contributed by atoms with Crippen molar-refractivity contribution in [2.45, 2.75) is 25.7 Å². The van der Waals surface area contributed by atoms with Gasteiger partial charge in [-0.3, -0.25) is 4.79 Å². The van der Waals surface area contributed by atoms with E-state index >= 15 is 0 Å². The predicted octanol–water partition coefficient (Wildman–Crippen LogP) is 5.09. The Labute approximate surface area is 177 Å². The molecule has 0 aliphatic heterocycles. The zero-order valence-electron chi connectivity index (χ0n) is 16.5. The molecule has 5 nitrogen and oxygen atoms in total. The van der Waals surface area contributed by atoms with Gasteiger partial charge >= 0.3 is 0 Å². The number of thiophene rings is 1. The normalized spacial score (nSPS) is 13.9. The molecule has 0 saturated heterocycles. The number of ether oxygens (including phenoxy) is 1. The molecule has 148 valence electrons. The van der Waals surface area contributed by atoms with Crippen LogP contribution in [0.15, 0.2) is 41.2 Å². The molecule has 5 rings (SSSR count). The average Bonchev–Trinajstić information content (AvgIpc) is 3.16. The molecule has 2 aromatic carbocycles. The van der Waals surface area contributed by atoms with Crippen molar-refractivity contribution in [2.24, 2.45) is 0 Å². The summed E-state index contributed by atoms with van der Waals surface area (Å²) in [6, 6.07) is 14.0. The highest BCUT2D eigenvalue weighted by Crippen LogP contribution is 2.34. The molecule has 2 aromatic heterocycles. The molecule has 0 saturated carbocycles. The lowest BCUT2D eigenvalue weighted by Crippen LogP contribution is -2.12. The standard InChI is InChI=1S/C24H19N3O2S/c1-29-18-9-8-15-10-14(6-7-16(15)12-18)11-17(13-25)22-26-23(28)21-19-4-2-3-5-20(19)30-24(21)27-22/h6-12H,2-5H2,1H3,(H,26,27,28)/b17-11+. The monoisotopic (exact) mass is 413 g/mol. The van der Waals surface area contributed by atoms with Crippen molar-refractivity contribution in [1.29, 1.82) is 5.26 Å². The van der Waals surface area contributed by atoms with E-state index in [0.29, 0.717) is 16.8 Å². The largest absolute Gasteiger partial charge is 0.497 e. The number of aryl methyl sites for hydroxylation is 2. The maximum absolute atomic E-state index is 12.8. The maximum Gasteiger partial charge on any atom is 0.260 e. The SMILES string of the molecule is COc1ccc2cc(/C=C(\C#N)c3nc4sc5c(c4c(=O)[nH]3)CCCC5)ccc2c1. The number of nitrogens with one attached hydrogen (secondary N) is 1. The van der Waals surface area contributed by atoms with Gasteiger partial charge in [-0.05, 0) is 71.9 Å². The molecule has 0 unspecified atom stereocenters. The summed E-state index contributed by atoms with van der Waals surface area (Å²) in [5, 5.41) is 12.6. The van der Waals surface area contributed by atoms with Crippen LogP contribution >= 0.6 is 11.3 Å². The zero-order chi connectivity index (χ0) is 20.7. The molecular formula is C24H19N3O2S. The molecule has 30 heavy (non-hydrogen) atoms. The third-order valence-electron chi connectivity index (χ3n) is 5.58. The number of H-pyrrole nitrogens is 1. The van der Waals surface area contributed by atoms with Crippen LogP contribution < -0.4 is 10.3 Å². The van der Waals surface area contributed by atoms with Crippen molar-refractivity contribution in [3.05, 3.63) is 68.6 Å². The van der Waals surface area contributed by atoms with Crippen LogP contribution in [0, 0.1) is 11.3 Å². The minimum absolute atomic E-state index is 0.152. The number of fused-ring (bicyclic) bond motifs is 4. The Hall–Kier alpha value is -3.43. The summed E-state index contributed by atoms with van der Waals surface area (Å²) in [7, 11) is 1.64. The number of nitrogens with zero attached hydrogens (tertiary/aromatic N) is 2. The van der Waals surface area contributed by atoms with E-state index in [2.05, 4.69) is 16.0 Å². The van der Waals surface area contributed by atoms with Crippen molar-refractivity contribution in [2.75, 3.05) is 7.11 Å². The first-order chi connectivity index (χ1) is 14.7. The summed E-state index contributed by atoms with van der Waals surface area (Å²) < 4.78 is 5.27. The summed E-state index contributed by atoms with van der Waals surface area (Å²) in [6.45, 7) is 0. The third-order valence-corrected chi connectivity index (χ3v) is 6.77. The first-order valence-electron chi connectivity index (χ1n) is 9.91. The van der Waals surface area contributed by atoms with Crippen LogP contribution in [0.25, 0.3) is 32.6 Å².